The quantitative estimate of drug-likeness (QED) is 0.863. The van der Waals surface area contributed by atoms with E-state index in [2.05, 4.69) is 31.4 Å². The van der Waals surface area contributed by atoms with E-state index < -0.39 is 0 Å². The summed E-state index contributed by atoms with van der Waals surface area (Å²) in [4.78, 5) is 14.3. The van der Waals surface area contributed by atoms with E-state index in [-0.39, 0.29) is 11.4 Å². The van der Waals surface area contributed by atoms with E-state index in [4.69, 9.17) is 0 Å². The largest absolute Gasteiger partial charge is 0.378 e. The van der Waals surface area contributed by atoms with Crippen molar-refractivity contribution in [1.82, 2.24) is 0 Å². The molecule has 0 saturated heterocycles. The summed E-state index contributed by atoms with van der Waals surface area (Å²) in [7, 11) is 3.97. The number of hydrogen-bond acceptors (Lipinski definition) is 2. The normalized spacial score (nSPS) is 11.0. The van der Waals surface area contributed by atoms with Crippen LogP contribution in [0.25, 0.3) is 0 Å². The first-order valence-electron chi connectivity index (χ1n) is 7.72. The molecule has 0 heterocycles. The average Bonchev–Trinajstić information content (AvgIpc) is 2.47. The van der Waals surface area contributed by atoms with E-state index in [1.54, 1.807) is 0 Å². The number of amides is 2. The average molecular weight is 311 g/mol. The lowest BCUT2D eigenvalue weighted by Gasteiger charge is -2.23. The van der Waals surface area contributed by atoms with Crippen LogP contribution in [-0.2, 0) is 5.41 Å². The van der Waals surface area contributed by atoms with Crippen molar-refractivity contribution in [3.63, 3.8) is 0 Å². The fourth-order valence-electron chi connectivity index (χ4n) is 2.37. The zero-order valence-corrected chi connectivity index (χ0v) is 14.5. The third kappa shape index (κ3) is 4.49. The van der Waals surface area contributed by atoms with Gasteiger partial charge in [-0.1, -0.05) is 39.0 Å². The number of carbonyl (C=O) groups is 1. The van der Waals surface area contributed by atoms with Crippen LogP contribution in [0.1, 0.15) is 26.3 Å². The van der Waals surface area contributed by atoms with Crippen LogP contribution in [0, 0.1) is 0 Å². The van der Waals surface area contributed by atoms with Crippen molar-refractivity contribution in [2.24, 2.45) is 0 Å². The molecule has 23 heavy (non-hydrogen) atoms. The van der Waals surface area contributed by atoms with Gasteiger partial charge in [0.15, 0.2) is 0 Å². The molecule has 4 heteroatoms. The van der Waals surface area contributed by atoms with E-state index in [0.717, 1.165) is 22.6 Å². The molecule has 0 aliphatic heterocycles. The van der Waals surface area contributed by atoms with Crippen LogP contribution >= 0.6 is 0 Å². The van der Waals surface area contributed by atoms with Gasteiger partial charge in [0.25, 0.3) is 0 Å². The first kappa shape index (κ1) is 16.9. The van der Waals surface area contributed by atoms with Gasteiger partial charge in [0.05, 0.1) is 0 Å². The predicted octanol–water partition coefficient (Wildman–Crippen LogP) is 4.69. The molecule has 0 spiro atoms. The van der Waals surface area contributed by atoms with Crippen LogP contribution in [0.5, 0.6) is 0 Å². The topological polar surface area (TPSA) is 44.4 Å². The number of hydrogen-bond donors (Lipinski definition) is 2. The van der Waals surface area contributed by atoms with Crippen molar-refractivity contribution in [2.75, 3.05) is 29.6 Å². The molecule has 122 valence electrons. The van der Waals surface area contributed by atoms with E-state index in [1.807, 2.05) is 67.5 Å². The highest BCUT2D eigenvalue weighted by molar-refractivity contribution is 6.00. The molecule has 0 atom stereocenters. The van der Waals surface area contributed by atoms with E-state index in [1.165, 1.54) is 0 Å². The Morgan fingerprint density at radius 2 is 1.52 bits per heavy atom. The van der Waals surface area contributed by atoms with E-state index >= 15 is 0 Å². The van der Waals surface area contributed by atoms with E-state index in [9.17, 15) is 4.79 Å². The molecular weight excluding hydrogens is 286 g/mol. The lowest BCUT2D eigenvalue weighted by atomic mass is 9.86. The molecule has 2 aromatic carbocycles. The molecule has 4 nitrogen and oxygen atoms in total. The van der Waals surface area contributed by atoms with Gasteiger partial charge in [0.1, 0.15) is 0 Å². The van der Waals surface area contributed by atoms with Gasteiger partial charge in [-0.15, -0.1) is 0 Å². The Kier molecular flexibility index (Phi) is 4.94. The van der Waals surface area contributed by atoms with Crippen LogP contribution < -0.4 is 15.5 Å². The molecule has 0 aromatic heterocycles. The lowest BCUT2D eigenvalue weighted by Crippen LogP contribution is -2.22. The minimum Gasteiger partial charge on any atom is -0.378 e. The highest BCUT2D eigenvalue weighted by atomic mass is 16.2. The smallest absolute Gasteiger partial charge is 0.323 e. The highest BCUT2D eigenvalue weighted by Gasteiger charge is 2.18. The second kappa shape index (κ2) is 6.73. The standard InChI is InChI=1S/C19H25N3O/c1-19(2,3)16-8-6-7-9-17(16)21-18(23)20-14-10-12-15(13-11-14)22(4)5/h6-13H,1-5H3,(H2,20,21,23). The zero-order chi connectivity index (χ0) is 17.0. The summed E-state index contributed by atoms with van der Waals surface area (Å²) in [6, 6.07) is 15.4. The molecule has 0 aliphatic rings. The molecule has 2 aromatic rings. The lowest BCUT2D eigenvalue weighted by molar-refractivity contribution is 0.262. The maximum Gasteiger partial charge on any atom is 0.323 e. The van der Waals surface area contributed by atoms with Crippen LogP contribution in [0.3, 0.4) is 0 Å². The Labute approximate surface area is 138 Å². The summed E-state index contributed by atoms with van der Waals surface area (Å²) in [5.74, 6) is 0. The highest BCUT2D eigenvalue weighted by Crippen LogP contribution is 2.29. The Bertz CT molecular complexity index is 670. The molecule has 0 unspecified atom stereocenters. The molecule has 0 bridgehead atoms. The van der Waals surface area contributed by atoms with Crippen molar-refractivity contribution in [1.29, 1.82) is 0 Å². The number of para-hydroxylation sites is 1. The van der Waals surface area contributed by atoms with Crippen molar-refractivity contribution in [3.05, 3.63) is 54.1 Å². The summed E-state index contributed by atoms with van der Waals surface area (Å²) in [5.41, 5.74) is 3.77. The Morgan fingerprint density at radius 1 is 0.913 bits per heavy atom. The first-order valence-corrected chi connectivity index (χ1v) is 7.72. The van der Waals surface area contributed by atoms with Gasteiger partial charge in [-0.25, -0.2) is 4.79 Å². The number of nitrogens with one attached hydrogen (secondary N) is 2. The summed E-state index contributed by atoms with van der Waals surface area (Å²) in [6.07, 6.45) is 0. The summed E-state index contributed by atoms with van der Waals surface area (Å²) in [5, 5.41) is 5.81. The van der Waals surface area contributed by atoms with Gasteiger partial charge in [-0.05, 0) is 41.3 Å². The minimum atomic E-state index is -0.237. The van der Waals surface area contributed by atoms with Crippen LogP contribution in [0.4, 0.5) is 21.9 Å². The second-order valence-electron chi connectivity index (χ2n) is 6.82. The number of nitrogens with zero attached hydrogens (tertiary/aromatic N) is 1. The maximum absolute atomic E-state index is 12.2. The molecule has 0 saturated carbocycles. The number of rotatable bonds is 3. The number of benzene rings is 2. The van der Waals surface area contributed by atoms with Crippen molar-refractivity contribution < 1.29 is 4.79 Å². The number of anilines is 3. The van der Waals surface area contributed by atoms with Crippen molar-refractivity contribution in [3.8, 4) is 0 Å². The summed E-state index contributed by atoms with van der Waals surface area (Å²) < 4.78 is 0. The Balaban J connectivity index is 2.08. The third-order valence-electron chi connectivity index (χ3n) is 3.62. The van der Waals surface area contributed by atoms with Gasteiger partial charge >= 0.3 is 6.03 Å². The molecule has 0 aliphatic carbocycles. The van der Waals surface area contributed by atoms with Gasteiger partial charge in [0, 0.05) is 31.2 Å². The van der Waals surface area contributed by atoms with Gasteiger partial charge in [0.2, 0.25) is 0 Å². The molecule has 0 fully saturated rings. The number of urea groups is 1. The predicted molar refractivity (Wildman–Crippen MR) is 98.6 cm³/mol. The van der Waals surface area contributed by atoms with Gasteiger partial charge < -0.3 is 15.5 Å². The Hall–Kier alpha value is -2.49. The monoisotopic (exact) mass is 311 g/mol. The van der Waals surface area contributed by atoms with Crippen molar-refractivity contribution in [2.45, 2.75) is 26.2 Å². The molecular formula is C19H25N3O. The maximum atomic E-state index is 12.2. The van der Waals surface area contributed by atoms with Gasteiger partial charge in [-0.2, -0.15) is 0 Å². The fourth-order valence-corrected chi connectivity index (χ4v) is 2.37. The van der Waals surface area contributed by atoms with Crippen LogP contribution in [0.15, 0.2) is 48.5 Å². The molecule has 2 rings (SSSR count). The fraction of sp³-hybridized carbons (Fsp3) is 0.316. The number of carbonyl (C=O) groups excluding carboxylic acids is 1. The first-order chi connectivity index (χ1) is 10.8. The molecule has 2 N–H and O–H groups in total. The van der Waals surface area contributed by atoms with Crippen molar-refractivity contribution >= 4 is 23.1 Å². The van der Waals surface area contributed by atoms with Crippen LogP contribution in [0.2, 0.25) is 0 Å². The summed E-state index contributed by atoms with van der Waals surface area (Å²) in [6.45, 7) is 6.39. The molecule has 2 amide bonds. The third-order valence-corrected chi connectivity index (χ3v) is 3.62. The van der Waals surface area contributed by atoms with E-state index in [0.29, 0.717) is 0 Å². The zero-order valence-electron chi connectivity index (χ0n) is 14.5. The molecule has 0 radical (unpaired) electrons. The second-order valence-corrected chi connectivity index (χ2v) is 6.82. The summed E-state index contributed by atoms with van der Waals surface area (Å²) >= 11 is 0. The van der Waals surface area contributed by atoms with Crippen LogP contribution in [-0.4, -0.2) is 20.1 Å². The minimum absolute atomic E-state index is 0.0305. The Morgan fingerprint density at radius 3 is 2.09 bits per heavy atom. The van der Waals surface area contributed by atoms with Gasteiger partial charge in [-0.3, -0.25) is 0 Å². The SMILES string of the molecule is CN(C)c1ccc(NC(=O)Nc2ccccc2C(C)(C)C)cc1.